The molecule has 0 amide bonds. The van der Waals surface area contributed by atoms with E-state index in [1.807, 2.05) is 0 Å². The van der Waals surface area contributed by atoms with Crippen molar-refractivity contribution in [2.75, 3.05) is 7.11 Å². The van der Waals surface area contributed by atoms with Gasteiger partial charge in [0.1, 0.15) is 19.2 Å². The van der Waals surface area contributed by atoms with Crippen LogP contribution in [0, 0.1) is 0 Å². The Morgan fingerprint density at radius 3 is 2.87 bits per heavy atom. The molecule has 2 heterocycles. The van der Waals surface area contributed by atoms with Gasteiger partial charge >= 0.3 is 6.61 Å². The van der Waals surface area contributed by atoms with Crippen LogP contribution in [-0.2, 0) is 6.54 Å². The monoisotopic (exact) mass is 323 g/mol. The predicted octanol–water partition coefficient (Wildman–Crippen LogP) is 1.99. The van der Waals surface area contributed by atoms with Gasteiger partial charge in [-0.3, -0.25) is 0 Å². The molecule has 0 fully saturated rings. The highest BCUT2D eigenvalue weighted by Crippen LogP contribution is 2.32. The number of hydrogen-bond acceptors (Lipinski definition) is 7. The molecule has 10 heteroatoms. The number of ether oxygens (including phenoxy) is 2. The van der Waals surface area contributed by atoms with Gasteiger partial charge in [0.25, 0.3) is 0 Å². The third kappa shape index (κ3) is 3.42. The van der Waals surface area contributed by atoms with Crippen LogP contribution in [-0.4, -0.2) is 38.6 Å². The average Bonchev–Trinajstić information content (AvgIpc) is 3.19. The second kappa shape index (κ2) is 6.38. The Morgan fingerprint density at radius 1 is 1.30 bits per heavy atom. The molecule has 3 aromatic rings. The largest absolute Gasteiger partial charge is 0.493 e. The van der Waals surface area contributed by atoms with Gasteiger partial charge in [0.15, 0.2) is 11.5 Å². The van der Waals surface area contributed by atoms with E-state index in [0.717, 1.165) is 0 Å². The highest BCUT2D eigenvalue weighted by molar-refractivity contribution is 5.60. The van der Waals surface area contributed by atoms with E-state index in [-0.39, 0.29) is 18.0 Å². The fourth-order valence-corrected chi connectivity index (χ4v) is 1.89. The number of halogens is 2. The van der Waals surface area contributed by atoms with Crippen molar-refractivity contribution in [2.45, 2.75) is 13.2 Å². The molecule has 0 N–H and O–H groups in total. The van der Waals surface area contributed by atoms with Crippen LogP contribution in [0.3, 0.4) is 0 Å². The Labute approximate surface area is 128 Å². The molecule has 1 aromatic carbocycles. The molecule has 0 saturated heterocycles. The minimum atomic E-state index is -2.94. The van der Waals surface area contributed by atoms with Crippen LogP contribution in [0.5, 0.6) is 11.5 Å². The lowest BCUT2D eigenvalue weighted by Crippen LogP contribution is -2.03. The van der Waals surface area contributed by atoms with Crippen molar-refractivity contribution < 1.29 is 22.8 Å². The molecule has 0 radical (unpaired) electrons. The summed E-state index contributed by atoms with van der Waals surface area (Å²) in [5.41, 5.74) is 0.539. The first-order valence-electron chi connectivity index (χ1n) is 6.44. The lowest BCUT2D eigenvalue weighted by atomic mass is 10.2. The molecule has 23 heavy (non-hydrogen) atoms. The molecule has 0 aliphatic heterocycles. The molecule has 8 nitrogen and oxygen atoms in total. The number of nitrogens with zero attached hydrogens (tertiary/aromatic N) is 5. The van der Waals surface area contributed by atoms with Crippen LogP contribution in [0.25, 0.3) is 11.4 Å². The van der Waals surface area contributed by atoms with Gasteiger partial charge in [-0.25, -0.2) is 9.67 Å². The lowest BCUT2D eigenvalue weighted by molar-refractivity contribution is -0.0512. The van der Waals surface area contributed by atoms with Crippen LogP contribution < -0.4 is 9.47 Å². The standard InChI is InChI=1S/C13H11F2N5O3/c1-21-10-4-8(2-3-9(10)22-13(14)15)12-18-11(23-19-12)5-20-7-16-6-17-20/h2-4,6-7,13H,5H2,1H3. The quantitative estimate of drug-likeness (QED) is 0.685. The van der Waals surface area contributed by atoms with Gasteiger partial charge in [0.05, 0.1) is 7.11 Å². The van der Waals surface area contributed by atoms with E-state index >= 15 is 0 Å². The smallest absolute Gasteiger partial charge is 0.387 e. The summed E-state index contributed by atoms with van der Waals surface area (Å²) < 4.78 is 40.7. The number of rotatable bonds is 6. The molecule has 0 saturated carbocycles. The van der Waals surface area contributed by atoms with Crippen molar-refractivity contribution in [1.82, 2.24) is 24.9 Å². The van der Waals surface area contributed by atoms with Crippen molar-refractivity contribution in [3.05, 3.63) is 36.7 Å². The summed E-state index contributed by atoms with van der Waals surface area (Å²) in [6, 6.07) is 4.37. The SMILES string of the molecule is COc1cc(-c2noc(Cn3cncn3)n2)ccc1OC(F)F. The van der Waals surface area contributed by atoms with Crippen molar-refractivity contribution in [2.24, 2.45) is 0 Å². The Bertz CT molecular complexity index is 776. The van der Waals surface area contributed by atoms with Crippen LogP contribution in [0.2, 0.25) is 0 Å². The summed E-state index contributed by atoms with van der Waals surface area (Å²) >= 11 is 0. The van der Waals surface area contributed by atoms with Crippen molar-refractivity contribution in [3.63, 3.8) is 0 Å². The highest BCUT2D eigenvalue weighted by atomic mass is 19.3. The first-order valence-corrected chi connectivity index (χ1v) is 6.44. The summed E-state index contributed by atoms with van der Waals surface area (Å²) in [4.78, 5) is 8.02. The minimum absolute atomic E-state index is 0.0717. The van der Waals surface area contributed by atoms with Gasteiger partial charge in [-0.15, -0.1) is 0 Å². The maximum Gasteiger partial charge on any atom is 0.387 e. The topological polar surface area (TPSA) is 88.1 Å². The fraction of sp³-hybridized carbons (Fsp3) is 0.231. The zero-order valence-electron chi connectivity index (χ0n) is 11.9. The molecule has 3 rings (SSSR count). The number of benzene rings is 1. The van der Waals surface area contributed by atoms with Gasteiger partial charge in [0.2, 0.25) is 11.7 Å². The van der Waals surface area contributed by atoms with Crippen molar-refractivity contribution >= 4 is 0 Å². The molecule has 0 aliphatic carbocycles. The van der Waals surface area contributed by atoms with Gasteiger partial charge < -0.3 is 14.0 Å². The normalized spacial score (nSPS) is 11.0. The summed E-state index contributed by atoms with van der Waals surface area (Å²) in [5, 5.41) is 7.77. The van der Waals surface area contributed by atoms with E-state index in [2.05, 4.69) is 25.0 Å². The van der Waals surface area contributed by atoms with Gasteiger partial charge in [-0.1, -0.05) is 5.16 Å². The third-order valence-corrected chi connectivity index (χ3v) is 2.87. The maximum atomic E-state index is 12.3. The zero-order chi connectivity index (χ0) is 16.2. The second-order valence-corrected chi connectivity index (χ2v) is 4.35. The molecule has 0 spiro atoms. The number of aromatic nitrogens is 5. The molecular formula is C13H11F2N5O3. The van der Waals surface area contributed by atoms with Gasteiger partial charge in [-0.2, -0.15) is 18.9 Å². The van der Waals surface area contributed by atoms with E-state index in [4.69, 9.17) is 9.26 Å². The molecule has 0 unspecified atom stereocenters. The Hall–Kier alpha value is -3.04. The average molecular weight is 323 g/mol. The summed E-state index contributed by atoms with van der Waals surface area (Å²) in [5.74, 6) is 0.697. The number of alkyl halides is 2. The third-order valence-electron chi connectivity index (χ3n) is 2.87. The fourth-order valence-electron chi connectivity index (χ4n) is 1.89. The van der Waals surface area contributed by atoms with Crippen LogP contribution in [0.1, 0.15) is 5.89 Å². The molecule has 120 valence electrons. The molecular weight excluding hydrogens is 312 g/mol. The van der Waals surface area contributed by atoms with E-state index in [1.165, 1.54) is 42.6 Å². The second-order valence-electron chi connectivity index (χ2n) is 4.35. The molecule has 0 aliphatic rings. The Balaban J connectivity index is 1.82. The predicted molar refractivity (Wildman–Crippen MR) is 72.0 cm³/mol. The van der Waals surface area contributed by atoms with Crippen LogP contribution in [0.4, 0.5) is 8.78 Å². The number of hydrogen-bond donors (Lipinski definition) is 0. The molecule has 0 atom stereocenters. The summed E-state index contributed by atoms with van der Waals surface area (Å²) in [7, 11) is 1.35. The first-order chi connectivity index (χ1) is 11.2. The zero-order valence-corrected chi connectivity index (χ0v) is 11.9. The van der Waals surface area contributed by atoms with Crippen molar-refractivity contribution in [3.8, 4) is 22.9 Å². The minimum Gasteiger partial charge on any atom is -0.493 e. The van der Waals surface area contributed by atoms with E-state index in [9.17, 15) is 8.78 Å². The Kier molecular flexibility index (Phi) is 4.13. The molecule has 0 bridgehead atoms. The van der Waals surface area contributed by atoms with Gasteiger partial charge in [0, 0.05) is 5.56 Å². The van der Waals surface area contributed by atoms with Crippen LogP contribution in [0.15, 0.2) is 35.4 Å². The summed E-state index contributed by atoms with van der Waals surface area (Å²) in [6.07, 6.45) is 2.91. The van der Waals surface area contributed by atoms with Crippen LogP contribution >= 0.6 is 0 Å². The van der Waals surface area contributed by atoms with Crippen molar-refractivity contribution in [1.29, 1.82) is 0 Å². The molecule has 2 aromatic heterocycles. The van der Waals surface area contributed by atoms with E-state index in [1.54, 1.807) is 0 Å². The number of methoxy groups -OCH3 is 1. The lowest BCUT2D eigenvalue weighted by Gasteiger charge is -2.10. The first kappa shape index (κ1) is 14.9. The van der Waals surface area contributed by atoms with Gasteiger partial charge in [-0.05, 0) is 18.2 Å². The summed E-state index contributed by atoms with van der Waals surface area (Å²) in [6.45, 7) is -2.66. The Morgan fingerprint density at radius 2 is 2.17 bits per heavy atom. The van der Waals surface area contributed by atoms with E-state index in [0.29, 0.717) is 17.3 Å². The van der Waals surface area contributed by atoms with E-state index < -0.39 is 6.61 Å². The maximum absolute atomic E-state index is 12.3. The highest BCUT2D eigenvalue weighted by Gasteiger charge is 2.15.